The summed E-state index contributed by atoms with van der Waals surface area (Å²) in [6, 6.07) is 10.2. The molecule has 1 aliphatic heterocycles. The Balaban J connectivity index is 1.85. The van der Waals surface area contributed by atoms with Gasteiger partial charge in [-0.15, -0.1) is 0 Å². The molecule has 2 aromatic carbocycles. The second-order valence-electron chi connectivity index (χ2n) is 5.65. The van der Waals surface area contributed by atoms with Gasteiger partial charge in [0.1, 0.15) is 24.2 Å². The van der Waals surface area contributed by atoms with Gasteiger partial charge in [-0.2, -0.15) is 0 Å². The van der Waals surface area contributed by atoms with Crippen LogP contribution in [-0.4, -0.2) is 17.6 Å². The number of nitro benzene ring substituents is 1. The summed E-state index contributed by atoms with van der Waals surface area (Å²) in [5.41, 5.74) is 1.87. The van der Waals surface area contributed by atoms with Crippen molar-refractivity contribution >= 4 is 5.69 Å². The first-order chi connectivity index (χ1) is 11.6. The van der Waals surface area contributed by atoms with E-state index in [1.54, 1.807) is 18.2 Å². The molecule has 6 heteroatoms. The summed E-state index contributed by atoms with van der Waals surface area (Å²) >= 11 is 0. The third kappa shape index (κ3) is 3.27. The third-order valence-electron chi connectivity index (χ3n) is 3.82. The van der Waals surface area contributed by atoms with Crippen LogP contribution in [0.2, 0.25) is 0 Å². The lowest BCUT2D eigenvalue weighted by atomic mass is 10.1. The molecule has 1 heterocycles. The predicted molar refractivity (Wildman–Crippen MR) is 88.8 cm³/mol. The molecule has 1 atom stereocenters. The molecule has 0 aliphatic carbocycles. The van der Waals surface area contributed by atoms with E-state index in [2.05, 4.69) is 0 Å². The van der Waals surface area contributed by atoms with Gasteiger partial charge in [0.15, 0.2) is 5.75 Å². The second-order valence-corrected chi connectivity index (χ2v) is 5.65. The van der Waals surface area contributed by atoms with Gasteiger partial charge in [0, 0.05) is 23.6 Å². The van der Waals surface area contributed by atoms with Crippen LogP contribution in [0.25, 0.3) is 0 Å². The standard InChI is InChI=1S/C18H19NO5/c1-3-22-17-9-13-8-12(2)24-18(13)10-14(17)11-23-16-7-5-4-6-15(16)19(20)21/h4-7,9-10,12H,3,8,11H2,1-2H3. The lowest BCUT2D eigenvalue weighted by molar-refractivity contribution is -0.385. The van der Waals surface area contributed by atoms with Crippen LogP contribution < -0.4 is 14.2 Å². The van der Waals surface area contributed by atoms with E-state index < -0.39 is 4.92 Å². The minimum atomic E-state index is -0.452. The van der Waals surface area contributed by atoms with Gasteiger partial charge in [0.25, 0.3) is 0 Å². The SMILES string of the molecule is CCOc1cc2c(cc1COc1ccccc1[N+](=O)[O-])OC(C)C2. The maximum absolute atomic E-state index is 11.1. The molecule has 0 amide bonds. The first kappa shape index (κ1) is 16.1. The summed E-state index contributed by atoms with van der Waals surface area (Å²) in [6.07, 6.45) is 0.988. The highest BCUT2D eigenvalue weighted by Crippen LogP contribution is 2.36. The maximum atomic E-state index is 11.1. The Morgan fingerprint density at radius 2 is 2.04 bits per heavy atom. The fourth-order valence-corrected chi connectivity index (χ4v) is 2.77. The van der Waals surface area contributed by atoms with Gasteiger partial charge in [-0.1, -0.05) is 12.1 Å². The zero-order chi connectivity index (χ0) is 17.1. The van der Waals surface area contributed by atoms with Crippen molar-refractivity contribution in [3.8, 4) is 17.2 Å². The molecule has 0 aromatic heterocycles. The van der Waals surface area contributed by atoms with Gasteiger partial charge >= 0.3 is 5.69 Å². The summed E-state index contributed by atoms with van der Waals surface area (Å²) in [6.45, 7) is 4.64. The van der Waals surface area contributed by atoms with Crippen molar-refractivity contribution in [1.82, 2.24) is 0 Å². The number of rotatable bonds is 6. The number of benzene rings is 2. The van der Waals surface area contributed by atoms with Crippen molar-refractivity contribution < 1.29 is 19.1 Å². The molecule has 0 saturated carbocycles. The van der Waals surface area contributed by atoms with Gasteiger partial charge < -0.3 is 14.2 Å². The molecule has 0 radical (unpaired) electrons. The van der Waals surface area contributed by atoms with Gasteiger partial charge in [-0.3, -0.25) is 10.1 Å². The van der Waals surface area contributed by atoms with Crippen LogP contribution >= 0.6 is 0 Å². The van der Waals surface area contributed by atoms with Crippen LogP contribution in [0.1, 0.15) is 25.0 Å². The third-order valence-corrected chi connectivity index (χ3v) is 3.82. The van der Waals surface area contributed by atoms with E-state index in [0.717, 1.165) is 29.0 Å². The molecule has 0 spiro atoms. The molecule has 24 heavy (non-hydrogen) atoms. The first-order valence-corrected chi connectivity index (χ1v) is 7.90. The summed E-state index contributed by atoms with van der Waals surface area (Å²) in [7, 11) is 0. The van der Waals surface area contributed by atoms with E-state index in [1.807, 2.05) is 26.0 Å². The smallest absolute Gasteiger partial charge is 0.310 e. The summed E-state index contributed by atoms with van der Waals surface area (Å²) in [4.78, 5) is 10.6. The molecule has 0 saturated heterocycles. The molecule has 0 bridgehead atoms. The number of hydrogen-bond donors (Lipinski definition) is 0. The lowest BCUT2D eigenvalue weighted by Crippen LogP contribution is -2.05. The number of para-hydroxylation sites is 2. The Bertz CT molecular complexity index is 759. The quantitative estimate of drug-likeness (QED) is 0.594. The molecule has 1 unspecified atom stereocenters. The van der Waals surface area contributed by atoms with Crippen LogP contribution in [-0.2, 0) is 13.0 Å². The van der Waals surface area contributed by atoms with Gasteiger partial charge in [-0.05, 0) is 32.0 Å². The van der Waals surface area contributed by atoms with Crippen molar-refractivity contribution in [3.63, 3.8) is 0 Å². The summed E-state index contributed by atoms with van der Waals surface area (Å²) in [5, 5.41) is 11.1. The number of nitrogens with zero attached hydrogens (tertiary/aromatic N) is 1. The minimum absolute atomic E-state index is 0.0542. The van der Waals surface area contributed by atoms with Gasteiger partial charge in [0.05, 0.1) is 11.5 Å². The first-order valence-electron chi connectivity index (χ1n) is 7.90. The van der Waals surface area contributed by atoms with Crippen LogP contribution in [0.3, 0.4) is 0 Å². The summed E-state index contributed by atoms with van der Waals surface area (Å²) in [5.74, 6) is 1.79. The van der Waals surface area contributed by atoms with E-state index >= 15 is 0 Å². The molecule has 6 nitrogen and oxygen atoms in total. The topological polar surface area (TPSA) is 70.8 Å². The number of fused-ring (bicyclic) bond motifs is 1. The number of hydrogen-bond acceptors (Lipinski definition) is 5. The zero-order valence-corrected chi connectivity index (χ0v) is 13.7. The highest BCUT2D eigenvalue weighted by Gasteiger charge is 2.22. The Morgan fingerprint density at radius 1 is 1.25 bits per heavy atom. The maximum Gasteiger partial charge on any atom is 0.310 e. The Hall–Kier alpha value is -2.76. The molecular weight excluding hydrogens is 310 g/mol. The van der Waals surface area contributed by atoms with Crippen molar-refractivity contribution in [2.24, 2.45) is 0 Å². The van der Waals surface area contributed by atoms with Crippen LogP contribution in [0.4, 0.5) is 5.69 Å². The Kier molecular flexibility index (Phi) is 4.55. The second kappa shape index (κ2) is 6.78. The number of ether oxygens (including phenoxy) is 3. The highest BCUT2D eigenvalue weighted by atomic mass is 16.6. The van der Waals surface area contributed by atoms with E-state index in [9.17, 15) is 10.1 Å². The van der Waals surface area contributed by atoms with E-state index in [-0.39, 0.29) is 24.1 Å². The monoisotopic (exact) mass is 329 g/mol. The summed E-state index contributed by atoms with van der Waals surface area (Å²) < 4.78 is 17.2. The molecule has 2 aromatic rings. The fourth-order valence-electron chi connectivity index (χ4n) is 2.77. The van der Waals surface area contributed by atoms with Gasteiger partial charge in [0.2, 0.25) is 0 Å². The highest BCUT2D eigenvalue weighted by molar-refractivity contribution is 5.49. The molecular formula is C18H19NO5. The largest absolute Gasteiger partial charge is 0.493 e. The van der Waals surface area contributed by atoms with Crippen molar-refractivity contribution in [1.29, 1.82) is 0 Å². The van der Waals surface area contributed by atoms with Crippen LogP contribution in [0.5, 0.6) is 17.2 Å². The molecule has 3 rings (SSSR count). The zero-order valence-electron chi connectivity index (χ0n) is 13.7. The minimum Gasteiger partial charge on any atom is -0.493 e. The number of nitro groups is 1. The average molecular weight is 329 g/mol. The Morgan fingerprint density at radius 3 is 2.79 bits per heavy atom. The van der Waals surface area contributed by atoms with E-state index in [4.69, 9.17) is 14.2 Å². The fraction of sp³-hybridized carbons (Fsp3) is 0.333. The van der Waals surface area contributed by atoms with E-state index in [0.29, 0.717) is 6.61 Å². The van der Waals surface area contributed by atoms with Crippen LogP contribution in [0, 0.1) is 10.1 Å². The normalized spacial score (nSPS) is 15.5. The van der Waals surface area contributed by atoms with Crippen molar-refractivity contribution in [3.05, 3.63) is 57.6 Å². The molecule has 1 aliphatic rings. The van der Waals surface area contributed by atoms with Gasteiger partial charge in [-0.25, -0.2) is 0 Å². The Labute approximate surface area is 140 Å². The molecule has 0 N–H and O–H groups in total. The van der Waals surface area contributed by atoms with E-state index in [1.165, 1.54) is 6.07 Å². The predicted octanol–water partition coefficient (Wildman–Crippen LogP) is 3.90. The average Bonchev–Trinajstić information content (AvgIpc) is 2.92. The van der Waals surface area contributed by atoms with Crippen molar-refractivity contribution in [2.75, 3.05) is 6.61 Å². The van der Waals surface area contributed by atoms with Crippen molar-refractivity contribution in [2.45, 2.75) is 33.0 Å². The molecule has 0 fully saturated rings. The lowest BCUT2D eigenvalue weighted by Gasteiger charge is -2.13. The van der Waals surface area contributed by atoms with Crippen LogP contribution in [0.15, 0.2) is 36.4 Å². The molecule has 126 valence electrons.